The van der Waals surface area contributed by atoms with Gasteiger partial charge in [-0.15, -0.1) is 0 Å². The van der Waals surface area contributed by atoms with Crippen molar-refractivity contribution in [1.82, 2.24) is 18.7 Å². The molecule has 1 atom stereocenters. The van der Waals surface area contributed by atoms with Crippen molar-refractivity contribution < 1.29 is 24.8 Å². The predicted molar refractivity (Wildman–Crippen MR) is 136 cm³/mol. The van der Waals surface area contributed by atoms with Crippen molar-refractivity contribution in [1.29, 1.82) is 0 Å². The number of imidazole rings is 1. The van der Waals surface area contributed by atoms with Crippen LogP contribution in [0.3, 0.4) is 0 Å². The second kappa shape index (κ2) is 10.5. The molecular weight excluding hydrogens is 484 g/mol. The SMILES string of the molecule is COc1ccc(OC[C@H](O)Cn2c(N/N=C\c3ccc(O)cc3O)nc3c2c(=O)n(C)c(=O)n3C)cc1. The highest BCUT2D eigenvalue weighted by Crippen LogP contribution is 2.22. The summed E-state index contributed by atoms with van der Waals surface area (Å²) in [5.41, 5.74) is 2.03. The van der Waals surface area contributed by atoms with Gasteiger partial charge in [-0.3, -0.25) is 13.9 Å². The monoisotopic (exact) mass is 510 g/mol. The number of anilines is 1. The largest absolute Gasteiger partial charge is 0.508 e. The summed E-state index contributed by atoms with van der Waals surface area (Å²) in [6.45, 7) is -0.204. The van der Waals surface area contributed by atoms with Crippen LogP contribution >= 0.6 is 0 Å². The average molecular weight is 511 g/mol. The number of hydrogen-bond donors (Lipinski definition) is 4. The van der Waals surface area contributed by atoms with Gasteiger partial charge >= 0.3 is 5.69 Å². The zero-order valence-electron chi connectivity index (χ0n) is 20.3. The molecule has 37 heavy (non-hydrogen) atoms. The van der Waals surface area contributed by atoms with Crippen LogP contribution in [0.2, 0.25) is 0 Å². The Labute approximate surface area is 210 Å². The summed E-state index contributed by atoms with van der Waals surface area (Å²) >= 11 is 0. The molecule has 2 aromatic carbocycles. The van der Waals surface area contributed by atoms with Gasteiger partial charge < -0.3 is 29.4 Å². The Morgan fingerprint density at radius 1 is 1.08 bits per heavy atom. The van der Waals surface area contributed by atoms with Crippen LogP contribution in [-0.2, 0) is 20.6 Å². The van der Waals surface area contributed by atoms with Crippen LogP contribution in [0, 0.1) is 0 Å². The second-order valence-corrected chi connectivity index (χ2v) is 8.18. The number of benzene rings is 2. The topological polar surface area (TPSA) is 165 Å². The van der Waals surface area contributed by atoms with Gasteiger partial charge in [-0.05, 0) is 36.4 Å². The summed E-state index contributed by atoms with van der Waals surface area (Å²) in [6.07, 6.45) is 0.228. The molecule has 13 heteroatoms. The molecule has 0 amide bonds. The normalized spacial score (nSPS) is 12.2. The van der Waals surface area contributed by atoms with Crippen LogP contribution in [0.1, 0.15) is 5.56 Å². The minimum absolute atomic E-state index is 0.0753. The Kier molecular flexibility index (Phi) is 7.15. The highest BCUT2D eigenvalue weighted by molar-refractivity contribution is 5.84. The van der Waals surface area contributed by atoms with Crippen LogP contribution in [0.5, 0.6) is 23.0 Å². The van der Waals surface area contributed by atoms with E-state index in [0.717, 1.165) is 10.6 Å². The fraction of sp³-hybridized carbons (Fsp3) is 0.250. The lowest BCUT2D eigenvalue weighted by Gasteiger charge is -2.15. The van der Waals surface area contributed by atoms with Crippen molar-refractivity contribution in [3.63, 3.8) is 0 Å². The highest BCUT2D eigenvalue weighted by atomic mass is 16.5. The molecule has 2 heterocycles. The first kappa shape index (κ1) is 25.3. The van der Waals surface area contributed by atoms with Crippen molar-refractivity contribution in [3.8, 4) is 23.0 Å². The number of aliphatic hydroxyl groups excluding tert-OH is 1. The first-order chi connectivity index (χ1) is 17.7. The fourth-order valence-electron chi connectivity index (χ4n) is 3.64. The average Bonchev–Trinajstić information content (AvgIpc) is 3.24. The summed E-state index contributed by atoms with van der Waals surface area (Å²) in [7, 11) is 4.38. The number of phenolic OH excluding ortho intramolecular Hbond substituents is 2. The van der Waals surface area contributed by atoms with Crippen molar-refractivity contribution in [2.45, 2.75) is 12.6 Å². The van der Waals surface area contributed by atoms with E-state index >= 15 is 0 Å². The molecule has 13 nitrogen and oxygen atoms in total. The van der Waals surface area contributed by atoms with Crippen molar-refractivity contribution in [2.24, 2.45) is 19.2 Å². The molecule has 0 saturated carbocycles. The fourth-order valence-corrected chi connectivity index (χ4v) is 3.64. The van der Waals surface area contributed by atoms with E-state index in [0.29, 0.717) is 17.1 Å². The number of rotatable bonds is 9. The molecule has 0 radical (unpaired) electrons. The van der Waals surface area contributed by atoms with E-state index in [1.165, 1.54) is 41.6 Å². The van der Waals surface area contributed by atoms with E-state index in [2.05, 4.69) is 15.5 Å². The highest BCUT2D eigenvalue weighted by Gasteiger charge is 2.21. The maximum Gasteiger partial charge on any atom is 0.332 e. The minimum Gasteiger partial charge on any atom is -0.508 e. The third-order valence-corrected chi connectivity index (χ3v) is 5.63. The molecule has 4 N–H and O–H groups in total. The number of aliphatic hydroxyl groups is 1. The summed E-state index contributed by atoms with van der Waals surface area (Å²) < 4.78 is 14.3. The summed E-state index contributed by atoms with van der Waals surface area (Å²) in [5.74, 6) is 0.959. The number of nitrogens with one attached hydrogen (secondary N) is 1. The van der Waals surface area contributed by atoms with Crippen LogP contribution < -0.4 is 26.1 Å². The number of aromatic hydroxyl groups is 2. The van der Waals surface area contributed by atoms with Crippen LogP contribution in [0.4, 0.5) is 5.95 Å². The standard InChI is InChI=1S/C24H26N6O7/c1-28-21-20(22(34)29(2)24(28)35)30(12-16(32)13-37-18-8-6-17(36-3)7-9-18)23(26-21)27-25-11-14-4-5-15(31)10-19(14)33/h4-11,16,31-33H,12-13H2,1-3H3,(H,26,27)/b25-11-/t16-/m1/s1. The number of aromatic nitrogens is 4. The lowest BCUT2D eigenvalue weighted by Crippen LogP contribution is -2.38. The van der Waals surface area contributed by atoms with Crippen LogP contribution in [-0.4, -0.2) is 60.0 Å². The minimum atomic E-state index is -1.06. The van der Waals surface area contributed by atoms with Gasteiger partial charge in [-0.1, -0.05) is 0 Å². The van der Waals surface area contributed by atoms with Gasteiger partial charge in [0.05, 0.1) is 19.9 Å². The number of phenols is 2. The first-order valence-corrected chi connectivity index (χ1v) is 11.1. The summed E-state index contributed by atoms with van der Waals surface area (Å²) in [4.78, 5) is 29.7. The van der Waals surface area contributed by atoms with E-state index in [9.17, 15) is 24.9 Å². The first-order valence-electron chi connectivity index (χ1n) is 11.1. The van der Waals surface area contributed by atoms with Gasteiger partial charge in [0.2, 0.25) is 5.95 Å². The van der Waals surface area contributed by atoms with Gasteiger partial charge in [-0.2, -0.15) is 10.1 Å². The maximum absolute atomic E-state index is 13.0. The molecule has 0 saturated heterocycles. The van der Waals surface area contributed by atoms with E-state index in [4.69, 9.17) is 9.47 Å². The van der Waals surface area contributed by atoms with Gasteiger partial charge in [0.15, 0.2) is 11.2 Å². The molecule has 4 aromatic rings. The quantitative estimate of drug-likeness (QED) is 0.188. The predicted octanol–water partition coefficient (Wildman–Crippen LogP) is 0.739. The zero-order chi connectivity index (χ0) is 26.7. The third-order valence-electron chi connectivity index (χ3n) is 5.63. The number of aryl methyl sites for hydroxylation is 1. The molecular formula is C24H26N6O7. The van der Waals surface area contributed by atoms with E-state index < -0.39 is 17.4 Å². The van der Waals surface area contributed by atoms with E-state index in [1.54, 1.807) is 31.4 Å². The number of ether oxygens (including phenoxy) is 2. The van der Waals surface area contributed by atoms with E-state index in [1.807, 2.05) is 0 Å². The van der Waals surface area contributed by atoms with Crippen molar-refractivity contribution in [3.05, 3.63) is 68.9 Å². The number of nitrogens with zero attached hydrogens (tertiary/aromatic N) is 5. The lowest BCUT2D eigenvalue weighted by atomic mass is 10.2. The number of hydrogen-bond acceptors (Lipinski definition) is 10. The summed E-state index contributed by atoms with van der Waals surface area (Å²) in [6, 6.07) is 10.8. The third kappa shape index (κ3) is 5.26. The van der Waals surface area contributed by atoms with Crippen molar-refractivity contribution in [2.75, 3.05) is 19.1 Å². The molecule has 0 spiro atoms. The molecule has 0 aliphatic heterocycles. The van der Waals surface area contributed by atoms with Gasteiger partial charge in [0, 0.05) is 25.7 Å². The molecule has 4 rings (SSSR count). The molecule has 194 valence electrons. The lowest BCUT2D eigenvalue weighted by molar-refractivity contribution is 0.0938. The number of hydrazone groups is 1. The van der Waals surface area contributed by atoms with Gasteiger partial charge in [0.25, 0.3) is 5.56 Å². The molecule has 0 fully saturated rings. The summed E-state index contributed by atoms with van der Waals surface area (Å²) in [5, 5.41) is 34.2. The Hall–Kier alpha value is -4.78. The van der Waals surface area contributed by atoms with Gasteiger partial charge in [-0.25, -0.2) is 10.2 Å². The van der Waals surface area contributed by atoms with Gasteiger partial charge in [0.1, 0.15) is 35.7 Å². The Morgan fingerprint density at radius 3 is 2.46 bits per heavy atom. The second-order valence-electron chi connectivity index (χ2n) is 8.18. The Morgan fingerprint density at radius 2 is 1.78 bits per heavy atom. The van der Waals surface area contributed by atoms with Crippen molar-refractivity contribution >= 4 is 23.3 Å². The molecule has 2 aromatic heterocycles. The van der Waals surface area contributed by atoms with E-state index in [-0.39, 0.29) is 41.8 Å². The van der Waals surface area contributed by atoms with Crippen LogP contribution in [0.25, 0.3) is 11.2 Å². The van der Waals surface area contributed by atoms with Crippen LogP contribution in [0.15, 0.2) is 57.2 Å². The number of fused-ring (bicyclic) bond motifs is 1. The maximum atomic E-state index is 13.0. The molecule has 0 bridgehead atoms. The number of methoxy groups -OCH3 is 1. The molecule has 0 aliphatic carbocycles. The molecule has 0 aliphatic rings. The molecule has 0 unspecified atom stereocenters. The zero-order valence-corrected chi connectivity index (χ0v) is 20.3. The Balaban J connectivity index is 1.63. The Bertz CT molecular complexity index is 1570. The smallest absolute Gasteiger partial charge is 0.332 e.